The van der Waals surface area contributed by atoms with Crippen molar-refractivity contribution in [3.05, 3.63) is 0 Å². The molecule has 0 radical (unpaired) electrons. The molecule has 6 heteroatoms. The van der Waals surface area contributed by atoms with E-state index >= 15 is 0 Å². The molecule has 1 amide bonds. The lowest BCUT2D eigenvalue weighted by atomic mass is 10.2. The fourth-order valence-electron chi connectivity index (χ4n) is 0.809. The van der Waals surface area contributed by atoms with Gasteiger partial charge in [-0.15, -0.1) is 0 Å². The van der Waals surface area contributed by atoms with Crippen molar-refractivity contribution in [2.24, 2.45) is 0 Å². The van der Waals surface area contributed by atoms with Crippen molar-refractivity contribution in [3.8, 4) is 0 Å². The second kappa shape index (κ2) is 6.92. The predicted octanol–water partition coefficient (Wildman–Crippen LogP) is 0.776. The van der Waals surface area contributed by atoms with E-state index in [2.05, 4.69) is 17.9 Å². The predicted molar refractivity (Wildman–Crippen MR) is 60.0 cm³/mol. The maximum atomic E-state index is 11.3. The highest BCUT2D eigenvalue weighted by molar-refractivity contribution is 7.80. The molecular formula is C9H19NO4S. The van der Waals surface area contributed by atoms with E-state index in [4.69, 9.17) is 14.6 Å². The molecule has 15 heavy (non-hydrogen) atoms. The van der Waals surface area contributed by atoms with Crippen LogP contribution >= 0.6 is 12.6 Å². The van der Waals surface area contributed by atoms with Gasteiger partial charge in [0.2, 0.25) is 0 Å². The first-order valence-corrected chi connectivity index (χ1v) is 5.31. The quantitative estimate of drug-likeness (QED) is 0.488. The number of hydrogen-bond donors (Lipinski definition) is 3. The maximum Gasteiger partial charge on any atom is 0.407 e. The standard InChI is InChI=1S/C9H19NO4S/c1-9(2,3)14-8(12)10-7(5-15)4-13-6-11/h7,11,15H,4-6H2,1-3H3,(H,10,12). The Balaban J connectivity index is 3.91. The van der Waals surface area contributed by atoms with Crippen LogP contribution in [0.5, 0.6) is 0 Å². The van der Waals surface area contributed by atoms with E-state index in [1.54, 1.807) is 20.8 Å². The van der Waals surface area contributed by atoms with Gasteiger partial charge in [-0.1, -0.05) is 0 Å². The van der Waals surface area contributed by atoms with Crippen molar-refractivity contribution < 1.29 is 19.4 Å². The highest BCUT2D eigenvalue weighted by Gasteiger charge is 2.18. The van der Waals surface area contributed by atoms with Crippen LogP contribution in [0.15, 0.2) is 0 Å². The van der Waals surface area contributed by atoms with Gasteiger partial charge in [-0.05, 0) is 20.8 Å². The van der Waals surface area contributed by atoms with Crippen LogP contribution in [-0.2, 0) is 9.47 Å². The van der Waals surface area contributed by atoms with E-state index in [1.807, 2.05) is 0 Å². The highest BCUT2D eigenvalue weighted by Crippen LogP contribution is 2.06. The Bertz CT molecular complexity index is 193. The molecule has 0 fully saturated rings. The monoisotopic (exact) mass is 237 g/mol. The number of ether oxygens (including phenoxy) is 2. The summed E-state index contributed by atoms with van der Waals surface area (Å²) in [4.78, 5) is 11.3. The van der Waals surface area contributed by atoms with Crippen molar-refractivity contribution in [3.63, 3.8) is 0 Å². The fourth-order valence-corrected chi connectivity index (χ4v) is 1.01. The van der Waals surface area contributed by atoms with Gasteiger partial charge in [0.25, 0.3) is 0 Å². The molecule has 0 rings (SSSR count). The van der Waals surface area contributed by atoms with Gasteiger partial charge in [0.1, 0.15) is 12.4 Å². The van der Waals surface area contributed by atoms with Crippen LogP contribution in [0.1, 0.15) is 20.8 Å². The van der Waals surface area contributed by atoms with E-state index < -0.39 is 11.7 Å². The number of aliphatic hydroxyl groups excluding tert-OH is 1. The van der Waals surface area contributed by atoms with Gasteiger partial charge < -0.3 is 19.9 Å². The molecule has 0 spiro atoms. The highest BCUT2D eigenvalue weighted by atomic mass is 32.1. The summed E-state index contributed by atoms with van der Waals surface area (Å²) in [5.41, 5.74) is -0.525. The summed E-state index contributed by atoms with van der Waals surface area (Å²) in [5, 5.41) is 11.0. The average Bonchev–Trinajstić information content (AvgIpc) is 2.09. The molecule has 0 saturated carbocycles. The van der Waals surface area contributed by atoms with Crippen molar-refractivity contribution in [2.75, 3.05) is 19.2 Å². The SMILES string of the molecule is CC(C)(C)OC(=O)NC(CS)COCO. The Labute approximate surface area is 95.5 Å². The molecule has 1 atom stereocenters. The van der Waals surface area contributed by atoms with Crippen LogP contribution in [0.2, 0.25) is 0 Å². The van der Waals surface area contributed by atoms with Crippen molar-refractivity contribution >= 4 is 18.7 Å². The molecule has 1 unspecified atom stereocenters. The molecule has 0 bridgehead atoms. The van der Waals surface area contributed by atoms with E-state index in [-0.39, 0.29) is 19.4 Å². The van der Waals surface area contributed by atoms with Crippen LogP contribution in [0.4, 0.5) is 4.79 Å². The molecule has 0 aliphatic heterocycles. The van der Waals surface area contributed by atoms with Crippen molar-refractivity contribution in [2.45, 2.75) is 32.4 Å². The Morgan fingerprint density at radius 2 is 2.13 bits per heavy atom. The summed E-state index contributed by atoms with van der Waals surface area (Å²) >= 11 is 4.04. The lowest BCUT2D eigenvalue weighted by Gasteiger charge is -2.22. The number of thiol groups is 1. The molecule has 0 heterocycles. The van der Waals surface area contributed by atoms with Gasteiger partial charge in [0.15, 0.2) is 0 Å². The summed E-state index contributed by atoms with van der Waals surface area (Å²) in [5.74, 6) is 0.416. The lowest BCUT2D eigenvalue weighted by Crippen LogP contribution is -2.42. The normalized spacial score (nSPS) is 13.4. The largest absolute Gasteiger partial charge is 0.444 e. The van der Waals surface area contributed by atoms with E-state index in [0.29, 0.717) is 5.75 Å². The maximum absolute atomic E-state index is 11.3. The van der Waals surface area contributed by atoms with Gasteiger partial charge >= 0.3 is 6.09 Å². The molecule has 0 aliphatic carbocycles. The molecule has 0 aromatic heterocycles. The first-order valence-electron chi connectivity index (χ1n) is 4.68. The topological polar surface area (TPSA) is 67.8 Å². The number of hydrogen-bond acceptors (Lipinski definition) is 5. The third-order valence-corrected chi connectivity index (χ3v) is 1.79. The third kappa shape index (κ3) is 8.53. The molecular weight excluding hydrogens is 218 g/mol. The third-order valence-electron chi connectivity index (χ3n) is 1.35. The Hall–Kier alpha value is -0.460. The zero-order valence-corrected chi connectivity index (χ0v) is 10.2. The van der Waals surface area contributed by atoms with Crippen LogP contribution < -0.4 is 5.32 Å². The Morgan fingerprint density at radius 1 is 1.53 bits per heavy atom. The Morgan fingerprint density at radius 3 is 2.53 bits per heavy atom. The van der Waals surface area contributed by atoms with Gasteiger partial charge in [0.05, 0.1) is 12.6 Å². The summed E-state index contributed by atoms with van der Waals surface area (Å²) < 4.78 is 9.80. The molecule has 5 nitrogen and oxygen atoms in total. The van der Waals surface area contributed by atoms with E-state index in [9.17, 15) is 4.79 Å². The number of alkyl carbamates (subject to hydrolysis) is 1. The molecule has 0 aliphatic rings. The average molecular weight is 237 g/mol. The summed E-state index contributed by atoms with van der Waals surface area (Å²) in [6.07, 6.45) is -0.511. The van der Waals surface area contributed by atoms with Crippen LogP contribution in [0.3, 0.4) is 0 Å². The number of carbonyl (C=O) groups excluding carboxylic acids is 1. The number of nitrogens with one attached hydrogen (secondary N) is 1. The second-order valence-corrected chi connectivity index (χ2v) is 4.39. The van der Waals surface area contributed by atoms with Gasteiger partial charge in [0, 0.05) is 5.75 Å². The second-order valence-electron chi connectivity index (χ2n) is 4.03. The number of rotatable bonds is 5. The zero-order valence-electron chi connectivity index (χ0n) is 9.32. The fraction of sp³-hybridized carbons (Fsp3) is 0.889. The van der Waals surface area contributed by atoms with Crippen LogP contribution in [-0.4, -0.2) is 42.0 Å². The summed E-state index contributed by atoms with van der Waals surface area (Å²) in [7, 11) is 0. The van der Waals surface area contributed by atoms with E-state index in [0.717, 1.165) is 0 Å². The number of aliphatic hydroxyl groups is 1. The van der Waals surface area contributed by atoms with Crippen LogP contribution in [0, 0.1) is 0 Å². The first kappa shape index (κ1) is 14.5. The minimum absolute atomic E-state index is 0.208. The first-order chi connectivity index (χ1) is 6.89. The number of carbonyl (C=O) groups is 1. The van der Waals surface area contributed by atoms with Crippen molar-refractivity contribution in [1.82, 2.24) is 5.32 Å². The molecule has 90 valence electrons. The van der Waals surface area contributed by atoms with Gasteiger partial charge in [-0.2, -0.15) is 12.6 Å². The molecule has 0 saturated heterocycles. The summed E-state index contributed by atoms with van der Waals surface area (Å²) in [6.45, 7) is 5.19. The lowest BCUT2D eigenvalue weighted by molar-refractivity contribution is -0.0109. The molecule has 2 N–H and O–H groups in total. The Kier molecular flexibility index (Phi) is 6.71. The molecule has 0 aromatic carbocycles. The minimum atomic E-state index is -0.525. The zero-order chi connectivity index (χ0) is 11.9. The molecule has 0 aromatic rings. The van der Waals surface area contributed by atoms with Gasteiger partial charge in [-0.3, -0.25) is 0 Å². The number of amides is 1. The smallest absolute Gasteiger partial charge is 0.407 e. The van der Waals surface area contributed by atoms with Crippen molar-refractivity contribution in [1.29, 1.82) is 0 Å². The van der Waals surface area contributed by atoms with Crippen LogP contribution in [0.25, 0.3) is 0 Å². The minimum Gasteiger partial charge on any atom is -0.444 e. The van der Waals surface area contributed by atoms with Gasteiger partial charge in [-0.25, -0.2) is 4.79 Å². The summed E-state index contributed by atoms with van der Waals surface area (Å²) in [6, 6.07) is -0.268. The van der Waals surface area contributed by atoms with E-state index in [1.165, 1.54) is 0 Å².